The summed E-state index contributed by atoms with van der Waals surface area (Å²) in [6.45, 7) is 3.29. The lowest BCUT2D eigenvalue weighted by molar-refractivity contribution is 0.102. The van der Waals surface area contributed by atoms with Gasteiger partial charge in [-0.25, -0.2) is 9.97 Å². The fourth-order valence-electron chi connectivity index (χ4n) is 1.98. The smallest absolute Gasteiger partial charge is 0.274 e. The standard InChI is InChI=1S/C16H19Cl2N5O/c1-10-20-13(9-14(21-10)19-7-8-23(2)3)16(24)22-15-11(17)5-4-6-12(15)18/h4-6,9H,7-8H2,1-3H3,(H,22,24)(H,19,20,21). The quantitative estimate of drug-likeness (QED) is 0.819. The summed E-state index contributed by atoms with van der Waals surface area (Å²) in [5.74, 6) is 0.700. The molecular formula is C16H19Cl2N5O. The Morgan fingerprint density at radius 1 is 1.21 bits per heavy atom. The number of carbonyl (C=O) groups is 1. The molecule has 2 N–H and O–H groups in total. The summed E-state index contributed by atoms with van der Waals surface area (Å²) >= 11 is 12.1. The van der Waals surface area contributed by atoms with Crippen LogP contribution in [-0.4, -0.2) is 48.0 Å². The summed E-state index contributed by atoms with van der Waals surface area (Å²) < 4.78 is 0. The minimum atomic E-state index is -0.397. The molecule has 0 aliphatic heterocycles. The average Bonchev–Trinajstić information content (AvgIpc) is 2.50. The van der Waals surface area contributed by atoms with Gasteiger partial charge >= 0.3 is 0 Å². The molecule has 0 saturated carbocycles. The third kappa shape index (κ3) is 5.06. The molecule has 8 heteroatoms. The van der Waals surface area contributed by atoms with Crippen LogP contribution in [0.5, 0.6) is 0 Å². The van der Waals surface area contributed by atoms with E-state index in [0.29, 0.717) is 33.9 Å². The molecule has 0 fully saturated rings. The molecule has 1 heterocycles. The lowest BCUT2D eigenvalue weighted by Crippen LogP contribution is -2.22. The number of benzene rings is 1. The summed E-state index contributed by atoms with van der Waals surface area (Å²) in [7, 11) is 3.97. The number of hydrogen-bond donors (Lipinski definition) is 2. The summed E-state index contributed by atoms with van der Waals surface area (Å²) in [6.07, 6.45) is 0. The van der Waals surface area contributed by atoms with Gasteiger partial charge in [-0.2, -0.15) is 0 Å². The maximum absolute atomic E-state index is 12.5. The van der Waals surface area contributed by atoms with E-state index < -0.39 is 5.91 Å². The Kier molecular flexibility index (Phi) is 6.36. The summed E-state index contributed by atoms with van der Waals surface area (Å²) in [6, 6.07) is 6.62. The van der Waals surface area contributed by atoms with Crippen LogP contribution in [0.1, 0.15) is 16.3 Å². The van der Waals surface area contributed by atoms with Gasteiger partial charge in [0, 0.05) is 19.2 Å². The molecule has 2 aromatic rings. The number of nitrogens with zero attached hydrogens (tertiary/aromatic N) is 3. The van der Waals surface area contributed by atoms with Crippen molar-refractivity contribution in [3.8, 4) is 0 Å². The first-order valence-corrected chi connectivity index (χ1v) is 8.12. The number of aryl methyl sites for hydroxylation is 1. The van der Waals surface area contributed by atoms with Gasteiger partial charge in [-0.15, -0.1) is 0 Å². The zero-order chi connectivity index (χ0) is 17.7. The number of nitrogens with one attached hydrogen (secondary N) is 2. The van der Waals surface area contributed by atoms with Gasteiger partial charge in [0.25, 0.3) is 5.91 Å². The molecule has 24 heavy (non-hydrogen) atoms. The van der Waals surface area contributed by atoms with Gasteiger partial charge in [0.15, 0.2) is 0 Å². The monoisotopic (exact) mass is 367 g/mol. The fourth-order valence-corrected chi connectivity index (χ4v) is 2.47. The molecule has 2 rings (SSSR count). The van der Waals surface area contributed by atoms with E-state index in [1.165, 1.54) is 0 Å². The zero-order valence-electron chi connectivity index (χ0n) is 13.7. The third-order valence-corrected chi connectivity index (χ3v) is 3.77. The largest absolute Gasteiger partial charge is 0.369 e. The highest BCUT2D eigenvalue weighted by Crippen LogP contribution is 2.30. The highest BCUT2D eigenvalue weighted by atomic mass is 35.5. The van der Waals surface area contributed by atoms with Crippen LogP contribution in [-0.2, 0) is 0 Å². The van der Waals surface area contributed by atoms with E-state index in [2.05, 4.69) is 20.6 Å². The van der Waals surface area contributed by atoms with Gasteiger partial charge in [0.2, 0.25) is 0 Å². The minimum Gasteiger partial charge on any atom is -0.369 e. The van der Waals surface area contributed by atoms with Crippen LogP contribution in [0.4, 0.5) is 11.5 Å². The summed E-state index contributed by atoms with van der Waals surface area (Å²) in [5.41, 5.74) is 0.607. The van der Waals surface area contributed by atoms with Crippen LogP contribution >= 0.6 is 23.2 Å². The van der Waals surface area contributed by atoms with Crippen molar-refractivity contribution in [3.05, 3.63) is 45.8 Å². The summed E-state index contributed by atoms with van der Waals surface area (Å²) in [4.78, 5) is 23.0. The second kappa shape index (κ2) is 8.28. The average molecular weight is 368 g/mol. The van der Waals surface area contributed by atoms with E-state index in [4.69, 9.17) is 23.2 Å². The highest BCUT2D eigenvalue weighted by Gasteiger charge is 2.14. The van der Waals surface area contributed by atoms with E-state index >= 15 is 0 Å². The molecule has 0 aliphatic rings. The number of hydrogen-bond acceptors (Lipinski definition) is 5. The molecule has 0 aliphatic carbocycles. The molecule has 0 atom stereocenters. The molecule has 0 saturated heterocycles. The van der Waals surface area contributed by atoms with Crippen LogP contribution < -0.4 is 10.6 Å². The predicted octanol–water partition coefficient (Wildman–Crippen LogP) is 3.32. The van der Waals surface area contributed by atoms with Crippen molar-refractivity contribution < 1.29 is 4.79 Å². The maximum Gasteiger partial charge on any atom is 0.274 e. The minimum absolute atomic E-state index is 0.242. The number of anilines is 2. The number of halogens is 2. The third-order valence-electron chi connectivity index (χ3n) is 3.14. The summed E-state index contributed by atoms with van der Waals surface area (Å²) in [5, 5.41) is 6.60. The van der Waals surface area contributed by atoms with Crippen LogP contribution in [0.2, 0.25) is 10.0 Å². The first-order valence-electron chi connectivity index (χ1n) is 7.36. The van der Waals surface area contributed by atoms with E-state index in [1.807, 2.05) is 19.0 Å². The Morgan fingerprint density at radius 2 is 1.88 bits per heavy atom. The van der Waals surface area contributed by atoms with Crippen molar-refractivity contribution in [2.75, 3.05) is 37.8 Å². The molecule has 0 bridgehead atoms. The normalized spacial score (nSPS) is 10.8. The number of likely N-dealkylation sites (N-methyl/N-ethyl adjacent to an activating group) is 1. The molecule has 128 valence electrons. The van der Waals surface area contributed by atoms with Crippen LogP contribution in [0, 0.1) is 6.92 Å². The van der Waals surface area contributed by atoms with Gasteiger partial charge in [-0.3, -0.25) is 4.79 Å². The van der Waals surface area contributed by atoms with Crippen molar-refractivity contribution >= 4 is 40.6 Å². The van der Waals surface area contributed by atoms with E-state index in [-0.39, 0.29) is 5.69 Å². The van der Waals surface area contributed by atoms with Gasteiger partial charge in [-0.05, 0) is 33.2 Å². The Balaban J connectivity index is 2.15. The number of para-hydroxylation sites is 1. The van der Waals surface area contributed by atoms with E-state index in [9.17, 15) is 4.79 Å². The van der Waals surface area contributed by atoms with Crippen LogP contribution in [0.25, 0.3) is 0 Å². The fraction of sp³-hybridized carbons (Fsp3) is 0.312. The highest BCUT2D eigenvalue weighted by molar-refractivity contribution is 6.40. The predicted molar refractivity (Wildman–Crippen MR) is 98.2 cm³/mol. The van der Waals surface area contributed by atoms with Crippen molar-refractivity contribution in [2.24, 2.45) is 0 Å². The number of carbonyl (C=O) groups excluding carboxylic acids is 1. The first kappa shape index (κ1) is 18.4. The van der Waals surface area contributed by atoms with Crippen molar-refractivity contribution in [3.63, 3.8) is 0 Å². The van der Waals surface area contributed by atoms with Gasteiger partial charge in [-0.1, -0.05) is 29.3 Å². The van der Waals surface area contributed by atoms with Gasteiger partial charge in [0.05, 0.1) is 15.7 Å². The van der Waals surface area contributed by atoms with Crippen molar-refractivity contribution in [2.45, 2.75) is 6.92 Å². The van der Waals surface area contributed by atoms with Crippen LogP contribution in [0.3, 0.4) is 0 Å². The lowest BCUT2D eigenvalue weighted by Gasteiger charge is -2.12. The Bertz CT molecular complexity index is 716. The Labute approximate surface area is 151 Å². The van der Waals surface area contributed by atoms with E-state index in [1.54, 1.807) is 31.2 Å². The second-order valence-electron chi connectivity index (χ2n) is 5.47. The van der Waals surface area contributed by atoms with Gasteiger partial charge in [0.1, 0.15) is 17.3 Å². The topological polar surface area (TPSA) is 70.2 Å². The molecule has 0 unspecified atom stereocenters. The van der Waals surface area contributed by atoms with Crippen molar-refractivity contribution in [1.82, 2.24) is 14.9 Å². The number of rotatable bonds is 6. The molecule has 1 aromatic carbocycles. The zero-order valence-corrected chi connectivity index (χ0v) is 15.2. The Hall–Kier alpha value is -1.89. The molecule has 0 radical (unpaired) electrons. The van der Waals surface area contributed by atoms with Gasteiger partial charge < -0.3 is 15.5 Å². The molecule has 1 aromatic heterocycles. The number of aromatic nitrogens is 2. The van der Waals surface area contributed by atoms with Crippen LogP contribution in [0.15, 0.2) is 24.3 Å². The molecular weight excluding hydrogens is 349 g/mol. The molecule has 0 spiro atoms. The maximum atomic E-state index is 12.5. The molecule has 6 nitrogen and oxygen atoms in total. The van der Waals surface area contributed by atoms with E-state index in [0.717, 1.165) is 6.54 Å². The Morgan fingerprint density at radius 3 is 2.50 bits per heavy atom. The first-order chi connectivity index (χ1) is 11.4. The van der Waals surface area contributed by atoms with Crippen molar-refractivity contribution in [1.29, 1.82) is 0 Å². The lowest BCUT2D eigenvalue weighted by atomic mass is 10.3. The molecule has 1 amide bonds. The second-order valence-corrected chi connectivity index (χ2v) is 6.28. The number of amides is 1. The SMILES string of the molecule is Cc1nc(NCCN(C)C)cc(C(=O)Nc2c(Cl)cccc2Cl)n1.